The number of hydrogen-bond donors (Lipinski definition) is 1. The lowest BCUT2D eigenvalue weighted by molar-refractivity contribution is 0.307. The number of hydrogen-bond acceptors (Lipinski definition) is 3. The number of ether oxygens (including phenoxy) is 1. The van der Waals surface area contributed by atoms with Gasteiger partial charge in [-0.25, -0.2) is 0 Å². The Kier molecular flexibility index (Phi) is 2.99. The minimum absolute atomic E-state index is 0.764. The minimum atomic E-state index is 0.764. The molecule has 2 N–H and O–H groups in total. The van der Waals surface area contributed by atoms with Gasteiger partial charge in [0.15, 0.2) is 0 Å². The van der Waals surface area contributed by atoms with Crippen molar-refractivity contribution in [2.75, 3.05) is 30.3 Å². The van der Waals surface area contributed by atoms with E-state index >= 15 is 0 Å². The molecule has 0 fully saturated rings. The number of nitrogens with zero attached hydrogens (tertiary/aromatic N) is 1. The third kappa shape index (κ3) is 2.17. The van der Waals surface area contributed by atoms with Crippen molar-refractivity contribution in [3.63, 3.8) is 0 Å². The van der Waals surface area contributed by atoms with Gasteiger partial charge < -0.3 is 15.4 Å². The number of anilines is 2. The van der Waals surface area contributed by atoms with Crippen LogP contribution in [0.15, 0.2) is 18.2 Å². The summed E-state index contributed by atoms with van der Waals surface area (Å²) < 4.78 is 5.59. The van der Waals surface area contributed by atoms with Crippen molar-refractivity contribution >= 4 is 11.4 Å². The average Bonchev–Trinajstić information content (AvgIpc) is 2.25. The summed E-state index contributed by atoms with van der Waals surface area (Å²) in [6.07, 6.45) is 2.45. The van der Waals surface area contributed by atoms with Crippen LogP contribution < -0.4 is 15.4 Å². The highest BCUT2D eigenvalue weighted by Crippen LogP contribution is 2.33. The van der Waals surface area contributed by atoms with Crippen LogP contribution in [0, 0.1) is 0 Å². The Morgan fingerprint density at radius 3 is 3.13 bits per heavy atom. The van der Waals surface area contributed by atoms with Gasteiger partial charge in [0.1, 0.15) is 12.4 Å². The zero-order valence-electron chi connectivity index (χ0n) is 9.20. The van der Waals surface area contributed by atoms with Crippen molar-refractivity contribution in [3.8, 4) is 5.75 Å². The number of fused-ring (bicyclic) bond motifs is 1. The van der Waals surface area contributed by atoms with E-state index < -0.39 is 0 Å². The molecule has 1 aliphatic heterocycles. The Hall–Kier alpha value is -1.38. The van der Waals surface area contributed by atoms with Crippen LogP contribution in [-0.2, 0) is 0 Å². The number of unbranched alkanes of at least 4 members (excludes halogenated alkanes) is 1. The molecule has 0 saturated heterocycles. The van der Waals surface area contributed by atoms with Gasteiger partial charge in [-0.1, -0.05) is 13.3 Å². The Morgan fingerprint density at radius 1 is 1.47 bits per heavy atom. The minimum Gasteiger partial charge on any atom is -0.489 e. The van der Waals surface area contributed by atoms with Gasteiger partial charge in [0, 0.05) is 18.3 Å². The maximum atomic E-state index is 5.73. The first-order valence-corrected chi connectivity index (χ1v) is 5.58. The Morgan fingerprint density at radius 2 is 2.33 bits per heavy atom. The first kappa shape index (κ1) is 10.1. The lowest BCUT2D eigenvalue weighted by Crippen LogP contribution is -2.33. The van der Waals surface area contributed by atoms with E-state index in [1.165, 1.54) is 18.5 Å². The molecule has 0 unspecified atom stereocenters. The van der Waals surface area contributed by atoms with Crippen LogP contribution in [0.2, 0.25) is 0 Å². The highest BCUT2D eigenvalue weighted by Gasteiger charge is 2.17. The second-order valence-corrected chi connectivity index (χ2v) is 3.92. The molecule has 0 bridgehead atoms. The van der Waals surface area contributed by atoms with Crippen molar-refractivity contribution in [3.05, 3.63) is 18.2 Å². The van der Waals surface area contributed by atoms with Crippen LogP contribution in [0.4, 0.5) is 11.4 Å². The smallest absolute Gasteiger partial charge is 0.144 e. The quantitative estimate of drug-likeness (QED) is 0.771. The van der Waals surface area contributed by atoms with Crippen LogP contribution >= 0.6 is 0 Å². The molecule has 0 amide bonds. The Bertz CT molecular complexity index is 338. The second kappa shape index (κ2) is 4.43. The summed E-state index contributed by atoms with van der Waals surface area (Å²) in [5, 5.41) is 0. The van der Waals surface area contributed by atoms with Crippen LogP contribution in [-0.4, -0.2) is 19.7 Å². The first-order valence-electron chi connectivity index (χ1n) is 5.58. The van der Waals surface area contributed by atoms with Crippen LogP contribution in [0.1, 0.15) is 19.8 Å². The van der Waals surface area contributed by atoms with Gasteiger partial charge >= 0.3 is 0 Å². The van der Waals surface area contributed by atoms with Gasteiger partial charge in [-0.3, -0.25) is 0 Å². The molecule has 0 spiro atoms. The van der Waals surface area contributed by atoms with Crippen LogP contribution in [0.5, 0.6) is 5.75 Å². The monoisotopic (exact) mass is 206 g/mol. The zero-order chi connectivity index (χ0) is 10.7. The predicted molar refractivity (Wildman–Crippen MR) is 63.5 cm³/mol. The summed E-state index contributed by atoms with van der Waals surface area (Å²) >= 11 is 0. The van der Waals surface area contributed by atoms with E-state index in [2.05, 4.69) is 17.9 Å². The van der Waals surface area contributed by atoms with Crippen molar-refractivity contribution in [1.29, 1.82) is 0 Å². The molecule has 3 heteroatoms. The maximum Gasteiger partial charge on any atom is 0.144 e. The predicted octanol–water partition coefficient (Wildman–Crippen LogP) is 2.27. The summed E-state index contributed by atoms with van der Waals surface area (Å²) in [5.74, 6) is 0.928. The van der Waals surface area contributed by atoms with Gasteiger partial charge in [0.05, 0.1) is 12.2 Å². The van der Waals surface area contributed by atoms with E-state index in [0.29, 0.717) is 0 Å². The van der Waals surface area contributed by atoms with Crippen molar-refractivity contribution in [2.45, 2.75) is 19.8 Å². The Balaban J connectivity index is 2.18. The number of nitrogens with two attached hydrogens (primary N) is 1. The molecule has 0 aliphatic carbocycles. The van der Waals surface area contributed by atoms with E-state index in [1.807, 2.05) is 12.1 Å². The molecule has 1 aromatic carbocycles. The second-order valence-electron chi connectivity index (χ2n) is 3.92. The van der Waals surface area contributed by atoms with E-state index in [1.54, 1.807) is 0 Å². The van der Waals surface area contributed by atoms with Crippen LogP contribution in [0.25, 0.3) is 0 Å². The molecule has 1 aromatic rings. The fourth-order valence-electron chi connectivity index (χ4n) is 1.88. The summed E-state index contributed by atoms with van der Waals surface area (Å²) in [4.78, 5) is 2.38. The molecule has 0 saturated carbocycles. The fourth-order valence-corrected chi connectivity index (χ4v) is 1.88. The molecule has 0 radical (unpaired) electrons. The molecule has 1 aliphatic rings. The third-order valence-electron chi connectivity index (χ3n) is 2.72. The standard InChI is InChI=1S/C12H18N2O/c1-2-3-6-14-7-8-15-12-9-10(13)4-5-11(12)14/h4-5,9H,2-3,6-8,13H2,1H3. The first-order chi connectivity index (χ1) is 7.31. The molecule has 82 valence electrons. The van der Waals surface area contributed by atoms with E-state index in [9.17, 15) is 0 Å². The molecule has 15 heavy (non-hydrogen) atoms. The highest BCUT2D eigenvalue weighted by molar-refractivity contribution is 5.64. The number of rotatable bonds is 3. The number of benzene rings is 1. The summed E-state index contributed by atoms with van der Waals surface area (Å²) in [6.45, 7) is 5.07. The SMILES string of the molecule is CCCCN1CCOc2cc(N)ccc21. The van der Waals surface area contributed by atoms with Gasteiger partial charge in [0.25, 0.3) is 0 Å². The lowest BCUT2D eigenvalue weighted by Gasteiger charge is -2.31. The zero-order valence-corrected chi connectivity index (χ0v) is 9.20. The maximum absolute atomic E-state index is 5.73. The molecule has 0 atom stereocenters. The summed E-state index contributed by atoms with van der Waals surface area (Å²) in [7, 11) is 0. The number of nitrogen functional groups attached to an aromatic ring is 1. The normalized spacial score (nSPS) is 14.6. The van der Waals surface area contributed by atoms with Crippen molar-refractivity contribution < 1.29 is 4.74 Å². The van der Waals surface area contributed by atoms with Crippen molar-refractivity contribution in [2.24, 2.45) is 0 Å². The van der Waals surface area contributed by atoms with Crippen molar-refractivity contribution in [1.82, 2.24) is 0 Å². The van der Waals surface area contributed by atoms with Gasteiger partial charge in [-0.05, 0) is 18.6 Å². The molecule has 0 aromatic heterocycles. The van der Waals surface area contributed by atoms with E-state index in [0.717, 1.165) is 31.1 Å². The van der Waals surface area contributed by atoms with Gasteiger partial charge in [-0.2, -0.15) is 0 Å². The Labute approximate surface area is 90.8 Å². The molecular formula is C12H18N2O. The van der Waals surface area contributed by atoms with E-state index in [4.69, 9.17) is 10.5 Å². The molecular weight excluding hydrogens is 188 g/mol. The van der Waals surface area contributed by atoms with Crippen LogP contribution in [0.3, 0.4) is 0 Å². The molecule has 3 nitrogen and oxygen atoms in total. The lowest BCUT2D eigenvalue weighted by atomic mass is 10.2. The largest absolute Gasteiger partial charge is 0.489 e. The average molecular weight is 206 g/mol. The summed E-state index contributed by atoms with van der Waals surface area (Å²) in [5.41, 5.74) is 7.68. The van der Waals surface area contributed by atoms with Gasteiger partial charge in [-0.15, -0.1) is 0 Å². The molecule has 1 heterocycles. The summed E-state index contributed by atoms with van der Waals surface area (Å²) in [6, 6.07) is 5.90. The highest BCUT2D eigenvalue weighted by atomic mass is 16.5. The molecule has 2 rings (SSSR count). The third-order valence-corrected chi connectivity index (χ3v) is 2.72. The fraction of sp³-hybridized carbons (Fsp3) is 0.500. The van der Waals surface area contributed by atoms with Gasteiger partial charge in [0.2, 0.25) is 0 Å². The topological polar surface area (TPSA) is 38.5 Å². The van der Waals surface area contributed by atoms with E-state index in [-0.39, 0.29) is 0 Å².